The van der Waals surface area contributed by atoms with Gasteiger partial charge in [0.25, 0.3) is 0 Å². The molecule has 3 aromatic rings. The molecule has 0 aliphatic carbocycles. The normalized spacial score (nSPS) is 10.3. The Morgan fingerprint density at radius 2 is 1.15 bits per heavy atom. The molecule has 0 aliphatic rings. The van der Waals surface area contributed by atoms with Crippen molar-refractivity contribution >= 4 is 34.7 Å². The fraction of sp³-hybridized carbons (Fsp3) is 0. The fourth-order valence-corrected chi connectivity index (χ4v) is 2.58. The lowest BCUT2D eigenvalue weighted by atomic mass is 10.1. The maximum atomic E-state index is 13.6. The van der Waals surface area contributed by atoms with Crippen LogP contribution in [0.5, 0.6) is 0 Å². The quantitative estimate of drug-likeness (QED) is 0.504. The largest absolute Gasteiger partial charge is 0.478 e. The molecule has 4 N–H and O–H groups in total. The van der Waals surface area contributed by atoms with Crippen molar-refractivity contribution < 1.29 is 24.2 Å². The second kappa shape index (κ2) is 7.57. The Labute approximate surface area is 153 Å². The molecule has 0 unspecified atom stereocenters. The van der Waals surface area contributed by atoms with Crippen molar-refractivity contribution in [3.05, 3.63) is 83.7 Å². The predicted octanol–water partition coefficient (Wildman–Crippen LogP) is 4.71. The van der Waals surface area contributed by atoms with Crippen molar-refractivity contribution in [1.29, 1.82) is 0 Å². The second-order valence-electron chi connectivity index (χ2n) is 5.64. The van der Waals surface area contributed by atoms with Crippen LogP contribution in [0.4, 0.5) is 27.1 Å². The molecular formula is C20H15FN2O4. The van der Waals surface area contributed by atoms with Crippen molar-refractivity contribution in [2.75, 3.05) is 10.6 Å². The number of carboxylic acids is 2. The number of rotatable bonds is 6. The summed E-state index contributed by atoms with van der Waals surface area (Å²) in [5, 5.41) is 24.5. The van der Waals surface area contributed by atoms with Crippen LogP contribution in [0.3, 0.4) is 0 Å². The molecule has 0 radical (unpaired) electrons. The number of benzene rings is 3. The molecule has 0 saturated heterocycles. The van der Waals surface area contributed by atoms with Crippen LogP contribution in [0, 0.1) is 5.82 Å². The van der Waals surface area contributed by atoms with E-state index in [1.807, 2.05) is 0 Å². The molecule has 6 nitrogen and oxygen atoms in total. The first-order valence-corrected chi connectivity index (χ1v) is 7.94. The van der Waals surface area contributed by atoms with Crippen LogP contribution in [0.2, 0.25) is 0 Å². The number of para-hydroxylation sites is 3. The smallest absolute Gasteiger partial charge is 0.337 e. The molecular weight excluding hydrogens is 351 g/mol. The van der Waals surface area contributed by atoms with E-state index >= 15 is 0 Å². The average molecular weight is 366 g/mol. The van der Waals surface area contributed by atoms with Crippen molar-refractivity contribution in [3.8, 4) is 0 Å². The van der Waals surface area contributed by atoms with Gasteiger partial charge < -0.3 is 20.8 Å². The summed E-state index contributed by atoms with van der Waals surface area (Å²) in [7, 11) is 0. The van der Waals surface area contributed by atoms with Crippen LogP contribution in [0.25, 0.3) is 0 Å². The van der Waals surface area contributed by atoms with Crippen LogP contribution >= 0.6 is 0 Å². The minimum Gasteiger partial charge on any atom is -0.478 e. The van der Waals surface area contributed by atoms with Gasteiger partial charge in [-0.25, -0.2) is 14.0 Å². The Balaban J connectivity index is 1.98. The number of carbonyl (C=O) groups is 2. The SMILES string of the molecule is O=C(O)c1ccccc1Nc1ccccc1Nc1cc(F)ccc1C(=O)O. The lowest BCUT2D eigenvalue weighted by Gasteiger charge is -2.16. The molecule has 0 heterocycles. The van der Waals surface area contributed by atoms with Gasteiger partial charge in [0.1, 0.15) is 5.82 Å². The number of aromatic carboxylic acids is 2. The van der Waals surface area contributed by atoms with Gasteiger partial charge in [-0.3, -0.25) is 0 Å². The molecule has 7 heteroatoms. The second-order valence-corrected chi connectivity index (χ2v) is 5.64. The monoisotopic (exact) mass is 366 g/mol. The van der Waals surface area contributed by atoms with Gasteiger partial charge in [0, 0.05) is 0 Å². The zero-order chi connectivity index (χ0) is 19.4. The average Bonchev–Trinajstić information content (AvgIpc) is 2.63. The molecule has 0 atom stereocenters. The minimum absolute atomic E-state index is 0.0860. The Hall–Kier alpha value is -3.87. The van der Waals surface area contributed by atoms with E-state index in [9.17, 15) is 24.2 Å². The lowest BCUT2D eigenvalue weighted by molar-refractivity contribution is 0.0687. The van der Waals surface area contributed by atoms with Gasteiger partial charge in [0.05, 0.1) is 33.9 Å². The van der Waals surface area contributed by atoms with E-state index < -0.39 is 17.8 Å². The maximum Gasteiger partial charge on any atom is 0.337 e. The number of carboxylic acid groups (broad SMARTS) is 2. The molecule has 0 aliphatic heterocycles. The van der Waals surface area contributed by atoms with Crippen LogP contribution in [-0.2, 0) is 0 Å². The summed E-state index contributed by atoms with van der Waals surface area (Å²) in [5.41, 5.74) is 1.43. The van der Waals surface area contributed by atoms with Crippen molar-refractivity contribution in [2.45, 2.75) is 0 Å². The van der Waals surface area contributed by atoms with Crippen LogP contribution in [0.15, 0.2) is 66.7 Å². The Morgan fingerprint density at radius 1 is 0.667 bits per heavy atom. The predicted molar refractivity (Wildman–Crippen MR) is 99.8 cm³/mol. The Bertz CT molecular complexity index is 1020. The molecule has 136 valence electrons. The van der Waals surface area contributed by atoms with E-state index in [4.69, 9.17) is 0 Å². The van der Waals surface area contributed by atoms with E-state index in [1.54, 1.807) is 42.5 Å². The first-order valence-electron chi connectivity index (χ1n) is 7.94. The number of hydrogen-bond acceptors (Lipinski definition) is 4. The summed E-state index contributed by atoms with van der Waals surface area (Å²) in [6, 6.07) is 16.6. The molecule has 0 saturated carbocycles. The molecule has 3 rings (SSSR count). The van der Waals surface area contributed by atoms with E-state index in [1.165, 1.54) is 12.1 Å². The third kappa shape index (κ3) is 4.04. The molecule has 3 aromatic carbocycles. The molecule has 27 heavy (non-hydrogen) atoms. The third-order valence-corrected chi connectivity index (χ3v) is 3.84. The van der Waals surface area contributed by atoms with Gasteiger partial charge in [-0.2, -0.15) is 0 Å². The van der Waals surface area contributed by atoms with Crippen molar-refractivity contribution in [3.63, 3.8) is 0 Å². The van der Waals surface area contributed by atoms with Crippen molar-refractivity contribution in [2.24, 2.45) is 0 Å². The topological polar surface area (TPSA) is 98.7 Å². The number of hydrogen-bond donors (Lipinski definition) is 4. The van der Waals surface area contributed by atoms with Gasteiger partial charge in [-0.05, 0) is 42.5 Å². The van der Waals surface area contributed by atoms with E-state index in [2.05, 4.69) is 10.6 Å². The summed E-state index contributed by atoms with van der Waals surface area (Å²) in [5.74, 6) is -2.86. The standard InChI is InChI=1S/C20H15FN2O4/c21-12-9-10-14(20(26)27)18(11-12)23-17-8-4-3-7-16(17)22-15-6-2-1-5-13(15)19(24)25/h1-11,22-23H,(H,24,25)(H,26,27). The molecule has 0 amide bonds. The highest BCUT2D eigenvalue weighted by molar-refractivity contribution is 5.97. The minimum atomic E-state index is -1.20. The number of anilines is 4. The third-order valence-electron chi connectivity index (χ3n) is 3.84. The van der Waals surface area contributed by atoms with Crippen LogP contribution in [0.1, 0.15) is 20.7 Å². The highest BCUT2D eigenvalue weighted by Gasteiger charge is 2.14. The van der Waals surface area contributed by atoms with Crippen LogP contribution < -0.4 is 10.6 Å². The van der Waals surface area contributed by atoms with Crippen LogP contribution in [-0.4, -0.2) is 22.2 Å². The summed E-state index contributed by atoms with van der Waals surface area (Å²) in [4.78, 5) is 22.8. The van der Waals surface area contributed by atoms with E-state index in [0.717, 1.165) is 12.1 Å². The van der Waals surface area contributed by atoms with E-state index in [-0.39, 0.29) is 16.8 Å². The van der Waals surface area contributed by atoms with Gasteiger partial charge in [-0.15, -0.1) is 0 Å². The summed E-state index contributed by atoms with van der Waals surface area (Å²) in [6.45, 7) is 0. The zero-order valence-corrected chi connectivity index (χ0v) is 13.9. The number of nitrogens with one attached hydrogen (secondary N) is 2. The highest BCUT2D eigenvalue weighted by atomic mass is 19.1. The van der Waals surface area contributed by atoms with Gasteiger partial charge in [0.2, 0.25) is 0 Å². The summed E-state index contributed by atoms with van der Waals surface area (Å²) in [6.07, 6.45) is 0. The summed E-state index contributed by atoms with van der Waals surface area (Å²) < 4.78 is 13.6. The molecule has 0 aromatic heterocycles. The zero-order valence-electron chi connectivity index (χ0n) is 13.9. The highest BCUT2D eigenvalue weighted by Crippen LogP contribution is 2.31. The lowest BCUT2D eigenvalue weighted by Crippen LogP contribution is -2.06. The first-order chi connectivity index (χ1) is 13.0. The first kappa shape index (κ1) is 17.9. The van der Waals surface area contributed by atoms with Gasteiger partial charge >= 0.3 is 11.9 Å². The Kier molecular flexibility index (Phi) is 5.03. The number of halogens is 1. The van der Waals surface area contributed by atoms with Gasteiger partial charge in [0.15, 0.2) is 0 Å². The van der Waals surface area contributed by atoms with Crippen molar-refractivity contribution in [1.82, 2.24) is 0 Å². The van der Waals surface area contributed by atoms with Gasteiger partial charge in [-0.1, -0.05) is 24.3 Å². The fourth-order valence-electron chi connectivity index (χ4n) is 2.58. The Morgan fingerprint density at radius 3 is 1.74 bits per heavy atom. The molecule has 0 spiro atoms. The maximum absolute atomic E-state index is 13.6. The molecule has 0 fully saturated rings. The van der Waals surface area contributed by atoms with E-state index in [0.29, 0.717) is 17.1 Å². The summed E-state index contributed by atoms with van der Waals surface area (Å²) >= 11 is 0. The molecule has 0 bridgehead atoms.